The minimum Gasteiger partial charge on any atom is -0.462 e. The van der Waals surface area contributed by atoms with Crippen LogP contribution in [0.1, 0.15) is 323 Å². The molecule has 0 radical (unpaired) electrons. The summed E-state index contributed by atoms with van der Waals surface area (Å²) in [5, 5.41) is 10.6. The highest BCUT2D eigenvalue weighted by atomic mass is 31.2. The molecule has 0 amide bonds. The highest BCUT2D eigenvalue weighted by Gasteiger charge is 2.30. The summed E-state index contributed by atoms with van der Waals surface area (Å²) in [4.78, 5) is 72.6. The summed E-state index contributed by atoms with van der Waals surface area (Å²) in [7, 11) is -9.93. The third kappa shape index (κ3) is 65.4. The van der Waals surface area contributed by atoms with Crippen molar-refractivity contribution in [3.05, 3.63) is 60.8 Å². The zero-order valence-corrected chi connectivity index (χ0v) is 60.0. The van der Waals surface area contributed by atoms with E-state index in [1.807, 2.05) is 0 Å². The molecule has 0 saturated carbocycles. The number of phosphoric acid groups is 2. The maximum Gasteiger partial charge on any atom is 0.472 e. The average Bonchev–Trinajstić information content (AvgIpc) is 3.74. The van der Waals surface area contributed by atoms with Gasteiger partial charge in [-0.25, -0.2) is 9.13 Å². The molecule has 19 heteroatoms. The molecular formula is C73H132O17P2. The van der Waals surface area contributed by atoms with E-state index in [4.69, 9.17) is 37.0 Å². The van der Waals surface area contributed by atoms with E-state index in [-0.39, 0.29) is 25.7 Å². The molecule has 3 N–H and O–H groups in total. The van der Waals surface area contributed by atoms with E-state index < -0.39 is 97.5 Å². The van der Waals surface area contributed by atoms with Crippen LogP contribution in [0, 0.1) is 0 Å². The highest BCUT2D eigenvalue weighted by molar-refractivity contribution is 7.47. The molecule has 92 heavy (non-hydrogen) atoms. The molecule has 0 bridgehead atoms. The van der Waals surface area contributed by atoms with Crippen molar-refractivity contribution in [2.75, 3.05) is 39.6 Å². The van der Waals surface area contributed by atoms with Crippen molar-refractivity contribution in [1.82, 2.24) is 0 Å². The summed E-state index contributed by atoms with van der Waals surface area (Å²) in [6, 6.07) is 0. The molecule has 536 valence electrons. The van der Waals surface area contributed by atoms with Crippen LogP contribution in [0.5, 0.6) is 0 Å². The Morgan fingerprint density at radius 1 is 0.304 bits per heavy atom. The van der Waals surface area contributed by atoms with Crippen LogP contribution in [0.15, 0.2) is 60.8 Å². The topological polar surface area (TPSA) is 237 Å². The summed E-state index contributed by atoms with van der Waals surface area (Å²) < 4.78 is 68.2. The fraction of sp³-hybridized carbons (Fsp3) is 0.808. The zero-order valence-electron chi connectivity index (χ0n) is 58.2. The van der Waals surface area contributed by atoms with E-state index in [9.17, 15) is 43.2 Å². The average molecular weight is 1340 g/mol. The quantitative estimate of drug-likeness (QED) is 0.0169. The Balaban J connectivity index is 5.32. The SMILES string of the molecule is CCCC/C=C\CCCCCCCC(=O)OC(COC(=O)CCCCCCC/C=C\C/C=C\CCCCC)COP(=O)(O)OCC(O)COP(=O)(O)OCC(COC(=O)CCCCCCC/C=C\CCCCCC)OC(=O)CCCCCCC/C=C\CCCCCC. The first-order valence-corrected chi connectivity index (χ1v) is 39.5. The van der Waals surface area contributed by atoms with Gasteiger partial charge in [-0.3, -0.25) is 37.3 Å². The molecule has 0 fully saturated rings. The number of aliphatic hydroxyl groups excluding tert-OH is 1. The van der Waals surface area contributed by atoms with Crippen LogP contribution in [0.4, 0.5) is 0 Å². The molecular weight excluding hydrogens is 1210 g/mol. The van der Waals surface area contributed by atoms with Crippen molar-refractivity contribution in [3.8, 4) is 0 Å². The predicted molar refractivity (Wildman–Crippen MR) is 372 cm³/mol. The lowest BCUT2D eigenvalue weighted by molar-refractivity contribution is -0.161. The van der Waals surface area contributed by atoms with Gasteiger partial charge in [-0.1, -0.05) is 230 Å². The maximum absolute atomic E-state index is 13.0. The fourth-order valence-corrected chi connectivity index (χ4v) is 11.3. The largest absolute Gasteiger partial charge is 0.472 e. The molecule has 0 aromatic rings. The van der Waals surface area contributed by atoms with Gasteiger partial charge in [0.15, 0.2) is 12.2 Å². The number of rotatable bonds is 69. The number of ether oxygens (including phenoxy) is 4. The molecule has 5 unspecified atom stereocenters. The second-order valence-electron chi connectivity index (χ2n) is 24.5. The lowest BCUT2D eigenvalue weighted by atomic mass is 10.1. The third-order valence-corrected chi connectivity index (χ3v) is 17.3. The van der Waals surface area contributed by atoms with Gasteiger partial charge in [0, 0.05) is 25.7 Å². The van der Waals surface area contributed by atoms with E-state index in [0.29, 0.717) is 25.7 Å². The van der Waals surface area contributed by atoms with Crippen LogP contribution in [0.3, 0.4) is 0 Å². The monoisotopic (exact) mass is 1340 g/mol. The first kappa shape index (κ1) is 88.8. The Morgan fingerprint density at radius 3 is 0.870 bits per heavy atom. The molecule has 0 aliphatic rings. The molecule has 0 heterocycles. The Hall–Kier alpha value is -3.24. The molecule has 0 aromatic carbocycles. The number of allylic oxidation sites excluding steroid dienone is 10. The summed E-state index contributed by atoms with van der Waals surface area (Å²) in [5.41, 5.74) is 0. The van der Waals surface area contributed by atoms with Gasteiger partial charge in [0.2, 0.25) is 0 Å². The van der Waals surface area contributed by atoms with Crippen molar-refractivity contribution in [1.29, 1.82) is 0 Å². The lowest BCUT2D eigenvalue weighted by Crippen LogP contribution is -2.30. The number of carbonyl (C=O) groups is 4. The van der Waals surface area contributed by atoms with Gasteiger partial charge in [-0.15, -0.1) is 0 Å². The van der Waals surface area contributed by atoms with Gasteiger partial charge >= 0.3 is 39.5 Å². The number of hydrogen-bond donors (Lipinski definition) is 3. The highest BCUT2D eigenvalue weighted by Crippen LogP contribution is 2.45. The Kier molecular flexibility index (Phi) is 64.0. The van der Waals surface area contributed by atoms with Crippen molar-refractivity contribution in [2.24, 2.45) is 0 Å². The van der Waals surface area contributed by atoms with E-state index in [1.54, 1.807) is 0 Å². The number of esters is 4. The van der Waals surface area contributed by atoms with Gasteiger partial charge in [0.05, 0.1) is 26.4 Å². The van der Waals surface area contributed by atoms with Crippen molar-refractivity contribution in [3.63, 3.8) is 0 Å². The molecule has 0 aromatic heterocycles. The first-order chi connectivity index (χ1) is 44.7. The summed E-state index contributed by atoms with van der Waals surface area (Å²) in [5.74, 6) is -2.20. The zero-order chi connectivity index (χ0) is 67.5. The Labute approximate surface area is 559 Å². The van der Waals surface area contributed by atoms with E-state index in [1.165, 1.54) is 83.5 Å². The van der Waals surface area contributed by atoms with Crippen LogP contribution >= 0.6 is 15.6 Å². The van der Waals surface area contributed by atoms with Gasteiger partial charge in [-0.05, 0) is 128 Å². The molecule has 5 atom stereocenters. The first-order valence-electron chi connectivity index (χ1n) is 36.5. The Bertz CT molecular complexity index is 1990. The minimum atomic E-state index is -4.97. The molecule has 0 spiro atoms. The van der Waals surface area contributed by atoms with E-state index in [0.717, 1.165) is 161 Å². The van der Waals surface area contributed by atoms with Gasteiger partial charge < -0.3 is 33.8 Å². The smallest absolute Gasteiger partial charge is 0.462 e. The van der Waals surface area contributed by atoms with E-state index >= 15 is 0 Å². The van der Waals surface area contributed by atoms with Gasteiger partial charge in [-0.2, -0.15) is 0 Å². The fourth-order valence-electron chi connectivity index (χ4n) is 9.75. The predicted octanol–water partition coefficient (Wildman–Crippen LogP) is 20.3. The second-order valence-corrected chi connectivity index (χ2v) is 27.4. The lowest BCUT2D eigenvalue weighted by Gasteiger charge is -2.21. The number of carbonyl (C=O) groups excluding carboxylic acids is 4. The molecule has 0 aliphatic heterocycles. The summed E-state index contributed by atoms with van der Waals surface area (Å²) in [6.45, 7) is 4.75. The standard InChI is InChI=1S/C73H132O17P2/c1-5-9-13-17-21-25-29-32-33-36-39-42-46-50-54-58-71(76)84-63-68(89-72(77)59-55-51-47-43-37-28-24-20-16-12-8-4)65-87-91(79,80)85-61-67(74)62-86-92(81,82)88-66-69(90-73(78)60-56-52-48-44-40-35-31-27-23-19-15-11-7-3)64-83-70(75)57-53-49-45-41-38-34-30-26-22-18-14-10-6-2/h20-21,24-27,30-33,67-69,74H,5-19,22-23,28-29,34-66H2,1-4H3,(H,79,80)(H,81,82)/b24-20-,25-21-,30-26-,31-27-,33-32-. The number of hydrogen-bond acceptors (Lipinski definition) is 15. The number of unbranched alkanes of at least 4 members (excludes halogenated alkanes) is 33. The Morgan fingerprint density at radius 2 is 0.543 bits per heavy atom. The number of phosphoric ester groups is 2. The van der Waals surface area contributed by atoms with Crippen LogP contribution in [-0.2, 0) is 65.4 Å². The molecule has 17 nitrogen and oxygen atoms in total. The van der Waals surface area contributed by atoms with Crippen molar-refractivity contribution < 1.29 is 80.2 Å². The molecule has 0 aliphatic carbocycles. The number of aliphatic hydroxyl groups is 1. The van der Waals surface area contributed by atoms with Crippen LogP contribution in [0.25, 0.3) is 0 Å². The van der Waals surface area contributed by atoms with Crippen LogP contribution in [0.2, 0.25) is 0 Å². The normalized spacial score (nSPS) is 14.4. The van der Waals surface area contributed by atoms with E-state index in [2.05, 4.69) is 88.5 Å². The van der Waals surface area contributed by atoms with Crippen LogP contribution in [-0.4, -0.2) is 96.7 Å². The van der Waals surface area contributed by atoms with Crippen molar-refractivity contribution in [2.45, 2.75) is 341 Å². The minimum absolute atomic E-state index is 0.0842. The molecule has 0 saturated heterocycles. The third-order valence-electron chi connectivity index (χ3n) is 15.4. The maximum atomic E-state index is 13.0. The van der Waals surface area contributed by atoms with Crippen molar-refractivity contribution >= 4 is 39.5 Å². The summed E-state index contributed by atoms with van der Waals surface area (Å²) in [6.07, 6.45) is 62.2. The summed E-state index contributed by atoms with van der Waals surface area (Å²) >= 11 is 0. The van der Waals surface area contributed by atoms with Gasteiger partial charge in [0.1, 0.15) is 19.3 Å². The second kappa shape index (κ2) is 66.4. The van der Waals surface area contributed by atoms with Gasteiger partial charge in [0.25, 0.3) is 0 Å². The molecule has 0 rings (SSSR count). The van der Waals surface area contributed by atoms with Crippen LogP contribution < -0.4 is 0 Å².